The van der Waals surface area contributed by atoms with Gasteiger partial charge in [-0.15, -0.1) is 0 Å². The van der Waals surface area contributed by atoms with Gasteiger partial charge in [0.15, 0.2) is 0 Å². The maximum Gasteiger partial charge on any atom is 0.123 e. The lowest BCUT2D eigenvalue weighted by molar-refractivity contribution is 0.311. The quantitative estimate of drug-likeness (QED) is 0.841. The molecular formula is C16H21NO2. The van der Waals surface area contributed by atoms with E-state index in [1.807, 2.05) is 12.1 Å². The molecule has 1 aliphatic heterocycles. The molecule has 1 aromatic rings. The Morgan fingerprint density at radius 1 is 1.47 bits per heavy atom. The molecule has 0 saturated carbocycles. The van der Waals surface area contributed by atoms with Crippen molar-refractivity contribution in [3.63, 3.8) is 0 Å². The van der Waals surface area contributed by atoms with Gasteiger partial charge in [0.2, 0.25) is 0 Å². The van der Waals surface area contributed by atoms with Crippen molar-refractivity contribution in [1.29, 1.82) is 0 Å². The van der Waals surface area contributed by atoms with E-state index in [1.165, 1.54) is 12.0 Å². The number of benzene rings is 1. The van der Waals surface area contributed by atoms with E-state index in [2.05, 4.69) is 29.7 Å². The Morgan fingerprint density at radius 3 is 2.95 bits per heavy atom. The van der Waals surface area contributed by atoms with Gasteiger partial charge in [-0.2, -0.15) is 0 Å². The minimum absolute atomic E-state index is 0.106. The highest BCUT2D eigenvalue weighted by atomic mass is 16.5. The maximum atomic E-state index is 8.75. The molecule has 1 atom stereocenters. The maximum absolute atomic E-state index is 8.75. The van der Waals surface area contributed by atoms with E-state index >= 15 is 0 Å². The van der Waals surface area contributed by atoms with E-state index in [9.17, 15) is 0 Å². The number of aliphatic hydroxyl groups excluding tert-OH is 1. The highest BCUT2D eigenvalue weighted by Gasteiger charge is 2.19. The van der Waals surface area contributed by atoms with Crippen molar-refractivity contribution in [3.8, 4) is 17.6 Å². The number of likely N-dealkylation sites (tertiary alicyclic amines) is 1. The Kier molecular flexibility index (Phi) is 4.84. The molecule has 0 amide bonds. The Balaban J connectivity index is 2.16. The van der Waals surface area contributed by atoms with Crippen molar-refractivity contribution < 1.29 is 9.84 Å². The van der Waals surface area contributed by atoms with Crippen LogP contribution in [0.4, 0.5) is 0 Å². The van der Waals surface area contributed by atoms with Crippen molar-refractivity contribution in [2.24, 2.45) is 5.92 Å². The lowest BCUT2D eigenvalue weighted by atomic mass is 10.1. The van der Waals surface area contributed by atoms with Gasteiger partial charge >= 0.3 is 0 Å². The number of methoxy groups -OCH3 is 1. The van der Waals surface area contributed by atoms with Gasteiger partial charge in [0.25, 0.3) is 0 Å². The molecule has 0 spiro atoms. The van der Waals surface area contributed by atoms with Gasteiger partial charge in [-0.1, -0.05) is 18.8 Å². The largest absolute Gasteiger partial charge is 0.496 e. The van der Waals surface area contributed by atoms with Crippen LogP contribution in [0.2, 0.25) is 0 Å². The van der Waals surface area contributed by atoms with Crippen LogP contribution < -0.4 is 4.74 Å². The molecule has 0 bridgehead atoms. The summed E-state index contributed by atoms with van der Waals surface area (Å²) in [6, 6.07) is 5.94. The van der Waals surface area contributed by atoms with Gasteiger partial charge in [-0.3, -0.25) is 4.90 Å². The topological polar surface area (TPSA) is 32.7 Å². The molecule has 1 saturated heterocycles. The third-order valence-corrected chi connectivity index (χ3v) is 3.49. The van der Waals surface area contributed by atoms with Crippen LogP contribution in [0, 0.1) is 17.8 Å². The number of ether oxygens (including phenoxy) is 1. The lowest BCUT2D eigenvalue weighted by Crippen LogP contribution is -2.20. The number of hydrogen-bond donors (Lipinski definition) is 1. The van der Waals surface area contributed by atoms with E-state index < -0.39 is 0 Å². The first-order valence-electron chi connectivity index (χ1n) is 6.72. The lowest BCUT2D eigenvalue weighted by Gasteiger charge is -2.17. The van der Waals surface area contributed by atoms with Gasteiger partial charge in [0.1, 0.15) is 12.4 Å². The Hall–Kier alpha value is -1.50. The van der Waals surface area contributed by atoms with Crippen molar-refractivity contribution in [2.75, 3.05) is 26.8 Å². The van der Waals surface area contributed by atoms with Gasteiger partial charge in [0.05, 0.1) is 7.11 Å². The van der Waals surface area contributed by atoms with E-state index in [-0.39, 0.29) is 6.61 Å². The fourth-order valence-corrected chi connectivity index (χ4v) is 2.53. The normalized spacial score (nSPS) is 19.0. The summed E-state index contributed by atoms with van der Waals surface area (Å²) >= 11 is 0. The molecule has 1 unspecified atom stereocenters. The molecule has 0 aromatic heterocycles. The molecule has 1 aliphatic rings. The zero-order valence-corrected chi connectivity index (χ0v) is 11.6. The highest BCUT2D eigenvalue weighted by Crippen LogP contribution is 2.24. The van der Waals surface area contributed by atoms with Gasteiger partial charge in [-0.25, -0.2) is 0 Å². The molecule has 1 aromatic carbocycles. The van der Waals surface area contributed by atoms with Crippen LogP contribution in [0.15, 0.2) is 18.2 Å². The molecule has 19 heavy (non-hydrogen) atoms. The van der Waals surface area contributed by atoms with Crippen molar-refractivity contribution >= 4 is 0 Å². The Labute approximate surface area is 115 Å². The minimum Gasteiger partial charge on any atom is -0.496 e. The number of hydrogen-bond acceptors (Lipinski definition) is 3. The summed E-state index contributed by atoms with van der Waals surface area (Å²) in [5.74, 6) is 7.32. The third kappa shape index (κ3) is 3.73. The molecule has 1 heterocycles. The first kappa shape index (κ1) is 13.9. The number of nitrogens with zero attached hydrogens (tertiary/aromatic N) is 1. The second kappa shape index (κ2) is 6.60. The summed E-state index contributed by atoms with van der Waals surface area (Å²) in [6.07, 6.45) is 1.27. The molecule has 1 N–H and O–H groups in total. The van der Waals surface area contributed by atoms with Crippen LogP contribution in [0.25, 0.3) is 0 Å². The van der Waals surface area contributed by atoms with E-state index in [0.717, 1.165) is 36.9 Å². The molecular weight excluding hydrogens is 238 g/mol. The molecule has 1 fully saturated rings. The number of aliphatic hydroxyl groups is 1. The van der Waals surface area contributed by atoms with Crippen molar-refractivity contribution in [1.82, 2.24) is 4.90 Å². The summed E-state index contributed by atoms with van der Waals surface area (Å²) in [7, 11) is 1.70. The van der Waals surface area contributed by atoms with Crippen molar-refractivity contribution in [3.05, 3.63) is 29.3 Å². The summed E-state index contributed by atoms with van der Waals surface area (Å²) < 4.78 is 5.42. The molecule has 0 radical (unpaired) electrons. The summed E-state index contributed by atoms with van der Waals surface area (Å²) in [4.78, 5) is 2.45. The summed E-state index contributed by atoms with van der Waals surface area (Å²) in [5.41, 5.74) is 2.10. The summed E-state index contributed by atoms with van der Waals surface area (Å²) in [6.45, 7) is 5.39. The zero-order chi connectivity index (χ0) is 13.7. The molecule has 102 valence electrons. The van der Waals surface area contributed by atoms with Crippen LogP contribution in [-0.2, 0) is 6.54 Å². The predicted octanol–water partition coefficient (Wildman–Crippen LogP) is 1.88. The van der Waals surface area contributed by atoms with E-state index in [0.29, 0.717) is 0 Å². The first-order chi connectivity index (χ1) is 9.22. The zero-order valence-electron chi connectivity index (χ0n) is 11.6. The average molecular weight is 259 g/mol. The minimum atomic E-state index is -0.106. The van der Waals surface area contributed by atoms with E-state index in [4.69, 9.17) is 9.84 Å². The first-order valence-corrected chi connectivity index (χ1v) is 6.72. The predicted molar refractivity (Wildman–Crippen MR) is 76.0 cm³/mol. The second-order valence-corrected chi connectivity index (χ2v) is 5.12. The standard InChI is InChI=1S/C16H21NO2/c1-13-7-8-17(11-13)12-15-10-14(4-3-9-18)5-6-16(15)19-2/h5-6,10,13,18H,7-9,11-12H2,1-2H3. The fourth-order valence-electron chi connectivity index (χ4n) is 2.53. The smallest absolute Gasteiger partial charge is 0.123 e. The van der Waals surface area contributed by atoms with E-state index in [1.54, 1.807) is 7.11 Å². The van der Waals surface area contributed by atoms with Crippen LogP contribution in [0.5, 0.6) is 5.75 Å². The molecule has 3 nitrogen and oxygen atoms in total. The average Bonchev–Trinajstić information content (AvgIpc) is 2.82. The Morgan fingerprint density at radius 2 is 2.32 bits per heavy atom. The van der Waals surface area contributed by atoms with Crippen LogP contribution in [-0.4, -0.2) is 36.8 Å². The van der Waals surface area contributed by atoms with Gasteiger partial charge < -0.3 is 9.84 Å². The van der Waals surface area contributed by atoms with Crippen molar-refractivity contribution in [2.45, 2.75) is 19.9 Å². The highest BCUT2D eigenvalue weighted by molar-refractivity contribution is 5.44. The monoisotopic (exact) mass is 259 g/mol. The second-order valence-electron chi connectivity index (χ2n) is 5.12. The van der Waals surface area contributed by atoms with Crippen LogP contribution in [0.3, 0.4) is 0 Å². The van der Waals surface area contributed by atoms with Crippen LogP contribution >= 0.6 is 0 Å². The number of rotatable bonds is 3. The molecule has 3 heteroatoms. The van der Waals surface area contributed by atoms with Crippen LogP contribution in [0.1, 0.15) is 24.5 Å². The molecule has 0 aliphatic carbocycles. The SMILES string of the molecule is COc1ccc(C#CCO)cc1CN1CCC(C)C1. The van der Waals surface area contributed by atoms with Gasteiger partial charge in [-0.05, 0) is 37.1 Å². The fraction of sp³-hybridized carbons (Fsp3) is 0.500. The molecule has 2 rings (SSSR count). The summed E-state index contributed by atoms with van der Waals surface area (Å²) in [5, 5.41) is 8.75. The Bertz CT molecular complexity index is 487. The van der Waals surface area contributed by atoms with Gasteiger partial charge in [0, 0.05) is 24.2 Å². The third-order valence-electron chi connectivity index (χ3n) is 3.49.